The van der Waals surface area contributed by atoms with Crippen LogP contribution in [0.25, 0.3) is 5.69 Å². The van der Waals surface area contributed by atoms with Crippen LogP contribution in [0.5, 0.6) is 5.75 Å². The predicted molar refractivity (Wildman–Crippen MR) is 91.6 cm³/mol. The number of carbonyl (C=O) groups is 1. The fourth-order valence-electron chi connectivity index (χ4n) is 2.37. The molecule has 1 heterocycles. The molecule has 3 rings (SSSR count). The number of hydrogen-bond acceptors (Lipinski definition) is 2. The smallest absolute Gasteiger partial charge is 0.259 e. The normalized spacial score (nSPS) is 10.6. The quantitative estimate of drug-likeness (QED) is 0.733. The molecule has 0 aliphatic rings. The van der Waals surface area contributed by atoms with Gasteiger partial charge in [0.1, 0.15) is 5.75 Å². The summed E-state index contributed by atoms with van der Waals surface area (Å²) in [5.74, 6) is -2.60. The second-order valence-electron chi connectivity index (χ2n) is 5.15. The van der Waals surface area contributed by atoms with Gasteiger partial charge in [0.05, 0.1) is 29.1 Å². The van der Waals surface area contributed by atoms with Crippen LogP contribution in [0.1, 0.15) is 10.4 Å². The zero-order chi connectivity index (χ0) is 18.0. The predicted octanol–water partition coefficient (Wildman–Crippen LogP) is 4.67. The van der Waals surface area contributed by atoms with Crippen molar-refractivity contribution in [3.8, 4) is 11.4 Å². The summed E-state index contributed by atoms with van der Waals surface area (Å²) >= 11 is 6.26. The number of hydrogen-bond donors (Lipinski definition) is 1. The third kappa shape index (κ3) is 3.34. The van der Waals surface area contributed by atoms with Crippen LogP contribution in [0.3, 0.4) is 0 Å². The molecule has 7 heteroatoms. The molecule has 0 saturated heterocycles. The summed E-state index contributed by atoms with van der Waals surface area (Å²) in [6, 6.07) is 10.2. The van der Waals surface area contributed by atoms with Crippen LogP contribution in [-0.2, 0) is 0 Å². The Hall–Kier alpha value is -2.86. The number of rotatable bonds is 4. The molecular formula is C18H13ClF2N2O2. The van der Waals surface area contributed by atoms with E-state index in [0.29, 0.717) is 10.7 Å². The highest BCUT2D eigenvalue weighted by atomic mass is 35.5. The van der Waals surface area contributed by atoms with Gasteiger partial charge in [0.2, 0.25) is 0 Å². The minimum atomic E-state index is -1.13. The molecule has 0 atom stereocenters. The Balaban J connectivity index is 1.97. The highest BCUT2D eigenvalue weighted by Crippen LogP contribution is 2.31. The Labute approximate surface area is 147 Å². The molecule has 1 N–H and O–H groups in total. The molecule has 0 unspecified atom stereocenters. The second-order valence-corrected chi connectivity index (χ2v) is 5.56. The molecule has 0 saturated carbocycles. The number of carbonyl (C=O) groups excluding carboxylic acids is 1. The van der Waals surface area contributed by atoms with Crippen molar-refractivity contribution in [2.45, 2.75) is 0 Å². The molecule has 4 nitrogen and oxygen atoms in total. The summed E-state index contributed by atoms with van der Waals surface area (Å²) in [4.78, 5) is 12.5. The molecule has 0 fully saturated rings. The van der Waals surface area contributed by atoms with E-state index in [4.69, 9.17) is 16.3 Å². The summed E-state index contributed by atoms with van der Waals surface area (Å²) in [6.45, 7) is 0. The lowest BCUT2D eigenvalue weighted by Crippen LogP contribution is -2.15. The second kappa shape index (κ2) is 6.94. The number of halogens is 3. The number of anilines is 1. The van der Waals surface area contributed by atoms with Crippen molar-refractivity contribution in [1.82, 2.24) is 4.57 Å². The monoisotopic (exact) mass is 362 g/mol. The van der Waals surface area contributed by atoms with Gasteiger partial charge in [0.25, 0.3) is 5.91 Å². The first-order valence-electron chi connectivity index (χ1n) is 7.27. The van der Waals surface area contributed by atoms with E-state index in [1.54, 1.807) is 23.0 Å². The Morgan fingerprint density at radius 1 is 1.16 bits per heavy atom. The summed E-state index contributed by atoms with van der Waals surface area (Å²) in [6.07, 6.45) is 3.59. The fourth-order valence-corrected chi connectivity index (χ4v) is 2.63. The van der Waals surface area contributed by atoms with Gasteiger partial charge < -0.3 is 14.6 Å². The first-order valence-corrected chi connectivity index (χ1v) is 7.65. The molecule has 0 spiro atoms. The van der Waals surface area contributed by atoms with Crippen molar-refractivity contribution >= 4 is 23.2 Å². The van der Waals surface area contributed by atoms with Gasteiger partial charge in [-0.2, -0.15) is 0 Å². The highest BCUT2D eigenvalue weighted by molar-refractivity contribution is 6.33. The average Bonchev–Trinajstić information content (AvgIpc) is 3.13. The molecule has 0 bridgehead atoms. The van der Waals surface area contributed by atoms with Crippen LogP contribution in [0.15, 0.2) is 54.9 Å². The van der Waals surface area contributed by atoms with Crippen LogP contribution in [0.4, 0.5) is 14.5 Å². The molecule has 0 aliphatic carbocycles. The van der Waals surface area contributed by atoms with Gasteiger partial charge in [-0.05, 0) is 30.3 Å². The Bertz CT molecular complexity index is 927. The van der Waals surface area contributed by atoms with Crippen LogP contribution in [0, 0.1) is 11.6 Å². The number of amides is 1. The van der Waals surface area contributed by atoms with E-state index in [-0.39, 0.29) is 17.0 Å². The maximum absolute atomic E-state index is 13.7. The van der Waals surface area contributed by atoms with Gasteiger partial charge in [0.15, 0.2) is 11.6 Å². The fraction of sp³-hybridized carbons (Fsp3) is 0.0556. The highest BCUT2D eigenvalue weighted by Gasteiger charge is 2.18. The number of nitrogens with one attached hydrogen (secondary N) is 1. The molecule has 3 aromatic rings. The lowest BCUT2D eigenvalue weighted by Gasteiger charge is -2.14. The minimum Gasteiger partial charge on any atom is -0.496 e. The molecule has 25 heavy (non-hydrogen) atoms. The third-order valence-corrected chi connectivity index (χ3v) is 3.90. The molecule has 0 aliphatic heterocycles. The zero-order valence-corrected chi connectivity index (χ0v) is 13.8. The summed E-state index contributed by atoms with van der Waals surface area (Å²) in [7, 11) is 1.40. The third-order valence-electron chi connectivity index (χ3n) is 3.60. The largest absolute Gasteiger partial charge is 0.496 e. The van der Waals surface area contributed by atoms with E-state index < -0.39 is 17.5 Å². The number of nitrogens with zero attached hydrogens (tertiary/aromatic N) is 1. The van der Waals surface area contributed by atoms with E-state index >= 15 is 0 Å². The molecule has 1 aromatic heterocycles. The maximum atomic E-state index is 13.7. The molecule has 1 amide bonds. The maximum Gasteiger partial charge on any atom is 0.259 e. The standard InChI is InChI=1S/C18H13ClF2N2O2/c1-25-16-10-15(23-7-2-3-8-23)12(19)9-11(16)18(24)22-14-6-4-5-13(20)17(14)21/h2-10H,1H3,(H,22,24). The summed E-state index contributed by atoms with van der Waals surface area (Å²) in [5.41, 5.74) is 0.460. The SMILES string of the molecule is COc1cc(-n2cccc2)c(Cl)cc1C(=O)Nc1cccc(F)c1F. The van der Waals surface area contributed by atoms with E-state index in [1.165, 1.54) is 25.3 Å². The lowest BCUT2D eigenvalue weighted by atomic mass is 10.1. The zero-order valence-electron chi connectivity index (χ0n) is 13.1. The van der Waals surface area contributed by atoms with Gasteiger partial charge in [-0.15, -0.1) is 0 Å². The van der Waals surface area contributed by atoms with Crippen LogP contribution >= 0.6 is 11.6 Å². The van der Waals surface area contributed by atoms with Gasteiger partial charge in [-0.1, -0.05) is 17.7 Å². The first kappa shape index (κ1) is 17.0. The molecule has 2 aromatic carbocycles. The minimum absolute atomic E-state index is 0.104. The number of ether oxygens (including phenoxy) is 1. The summed E-state index contributed by atoms with van der Waals surface area (Å²) < 4.78 is 34.0. The van der Waals surface area contributed by atoms with Gasteiger partial charge >= 0.3 is 0 Å². The van der Waals surface area contributed by atoms with Crippen LogP contribution < -0.4 is 10.1 Å². The number of benzene rings is 2. The van der Waals surface area contributed by atoms with Crippen LogP contribution in [-0.4, -0.2) is 17.6 Å². The van der Waals surface area contributed by atoms with Crippen molar-refractivity contribution in [1.29, 1.82) is 0 Å². The topological polar surface area (TPSA) is 43.3 Å². The van der Waals surface area contributed by atoms with Crippen molar-refractivity contribution in [3.63, 3.8) is 0 Å². The van der Waals surface area contributed by atoms with Crippen molar-refractivity contribution in [3.05, 3.63) is 77.1 Å². The summed E-state index contributed by atoms with van der Waals surface area (Å²) in [5, 5.41) is 2.63. The van der Waals surface area contributed by atoms with E-state index in [9.17, 15) is 13.6 Å². The number of methoxy groups -OCH3 is 1. The van der Waals surface area contributed by atoms with E-state index in [1.807, 2.05) is 12.1 Å². The lowest BCUT2D eigenvalue weighted by molar-refractivity contribution is 0.102. The number of aromatic nitrogens is 1. The van der Waals surface area contributed by atoms with E-state index in [2.05, 4.69) is 5.32 Å². The average molecular weight is 363 g/mol. The molecule has 128 valence electrons. The van der Waals surface area contributed by atoms with E-state index in [0.717, 1.165) is 6.07 Å². The Kier molecular flexibility index (Phi) is 4.72. The first-order chi connectivity index (χ1) is 12.0. The van der Waals surface area contributed by atoms with Gasteiger partial charge in [-0.25, -0.2) is 8.78 Å². The molecular weight excluding hydrogens is 350 g/mol. The van der Waals surface area contributed by atoms with Gasteiger partial charge in [0, 0.05) is 18.5 Å². The molecule has 0 radical (unpaired) electrons. The Morgan fingerprint density at radius 2 is 1.88 bits per heavy atom. The van der Waals surface area contributed by atoms with Crippen molar-refractivity contribution in [2.24, 2.45) is 0 Å². The van der Waals surface area contributed by atoms with Crippen LogP contribution in [0.2, 0.25) is 5.02 Å². The van der Waals surface area contributed by atoms with Crippen molar-refractivity contribution in [2.75, 3.05) is 12.4 Å². The van der Waals surface area contributed by atoms with Gasteiger partial charge in [-0.3, -0.25) is 4.79 Å². The Morgan fingerprint density at radius 3 is 2.56 bits per heavy atom. The van der Waals surface area contributed by atoms with Crippen molar-refractivity contribution < 1.29 is 18.3 Å².